The van der Waals surface area contributed by atoms with Crippen LogP contribution in [0.25, 0.3) is 5.69 Å². The van der Waals surface area contributed by atoms with E-state index in [9.17, 15) is 19.7 Å². The molecule has 0 saturated carbocycles. The number of anilines is 1. The lowest BCUT2D eigenvalue weighted by Gasteiger charge is -2.07. The normalized spacial score (nSPS) is 10.5. The van der Waals surface area contributed by atoms with Crippen LogP contribution < -0.4 is 10.6 Å². The number of hydrogen-bond donors (Lipinski definition) is 2. The van der Waals surface area contributed by atoms with Gasteiger partial charge in [0, 0.05) is 35.8 Å². The minimum atomic E-state index is -0.507. The van der Waals surface area contributed by atoms with Gasteiger partial charge in [0.2, 0.25) is 5.91 Å². The molecule has 0 aliphatic rings. The van der Waals surface area contributed by atoms with Crippen LogP contribution in [0, 0.1) is 17.0 Å². The monoisotopic (exact) mass is 442 g/mol. The number of non-ortho nitro benzene ring substituents is 1. The summed E-state index contributed by atoms with van der Waals surface area (Å²) >= 11 is 5.81. The number of nitro groups is 1. The van der Waals surface area contributed by atoms with Crippen molar-refractivity contribution in [3.8, 4) is 5.69 Å². The van der Waals surface area contributed by atoms with Crippen molar-refractivity contribution in [3.63, 3.8) is 0 Å². The van der Waals surface area contributed by atoms with Crippen LogP contribution in [0.3, 0.4) is 0 Å². The van der Waals surface area contributed by atoms with Crippen LogP contribution in [0.2, 0.25) is 5.02 Å². The van der Waals surface area contributed by atoms with Gasteiger partial charge in [-0.2, -0.15) is 0 Å². The Bertz CT molecular complexity index is 1110. The molecule has 31 heavy (non-hydrogen) atoms. The van der Waals surface area contributed by atoms with E-state index in [1.165, 1.54) is 22.9 Å². The van der Waals surface area contributed by atoms with Gasteiger partial charge in [-0.05, 0) is 43.7 Å². The molecule has 3 aromatic rings. The van der Waals surface area contributed by atoms with E-state index in [0.717, 1.165) is 0 Å². The van der Waals surface area contributed by atoms with Crippen LogP contribution in [0.5, 0.6) is 0 Å². The second-order valence-electron chi connectivity index (χ2n) is 6.63. The van der Waals surface area contributed by atoms with Crippen molar-refractivity contribution < 1.29 is 14.5 Å². The van der Waals surface area contributed by atoms with Gasteiger partial charge in [-0.15, -0.1) is 5.10 Å². The van der Waals surface area contributed by atoms with Gasteiger partial charge in [0.1, 0.15) is 0 Å². The van der Waals surface area contributed by atoms with E-state index in [0.29, 0.717) is 28.5 Å². The van der Waals surface area contributed by atoms with Crippen LogP contribution in [0.4, 0.5) is 11.4 Å². The summed E-state index contributed by atoms with van der Waals surface area (Å²) in [5.74, 6) is -0.614. The molecule has 2 aromatic carbocycles. The molecule has 0 fully saturated rings. The molecule has 0 saturated heterocycles. The third-order valence-corrected chi connectivity index (χ3v) is 4.64. The summed E-state index contributed by atoms with van der Waals surface area (Å²) < 4.78 is 1.36. The van der Waals surface area contributed by atoms with E-state index in [-0.39, 0.29) is 30.3 Å². The van der Waals surface area contributed by atoms with E-state index in [4.69, 9.17) is 11.6 Å². The predicted octanol–water partition coefficient (Wildman–Crippen LogP) is 3.29. The third kappa shape index (κ3) is 5.64. The maximum absolute atomic E-state index is 12.4. The Kier molecular flexibility index (Phi) is 6.93. The molecule has 11 heteroatoms. The fourth-order valence-electron chi connectivity index (χ4n) is 2.81. The topological polar surface area (TPSA) is 132 Å². The van der Waals surface area contributed by atoms with Crippen molar-refractivity contribution in [1.82, 2.24) is 20.3 Å². The van der Waals surface area contributed by atoms with Crippen molar-refractivity contribution in [2.45, 2.75) is 19.8 Å². The number of halogens is 1. The molecular weight excluding hydrogens is 424 g/mol. The van der Waals surface area contributed by atoms with Crippen LogP contribution >= 0.6 is 11.6 Å². The maximum Gasteiger partial charge on any atom is 0.273 e. The molecule has 2 amide bonds. The minimum Gasteiger partial charge on any atom is -0.351 e. The van der Waals surface area contributed by atoms with E-state index < -0.39 is 10.8 Å². The van der Waals surface area contributed by atoms with Crippen LogP contribution in [-0.4, -0.2) is 38.3 Å². The molecule has 0 atom stereocenters. The van der Waals surface area contributed by atoms with Gasteiger partial charge in [-0.3, -0.25) is 19.7 Å². The first-order valence-corrected chi connectivity index (χ1v) is 9.73. The number of nitrogens with zero attached hydrogens (tertiary/aromatic N) is 4. The Morgan fingerprint density at radius 3 is 2.65 bits per heavy atom. The minimum absolute atomic E-state index is 0.0877. The van der Waals surface area contributed by atoms with Crippen molar-refractivity contribution in [2.24, 2.45) is 0 Å². The first kappa shape index (κ1) is 21.9. The summed E-state index contributed by atoms with van der Waals surface area (Å²) in [5.41, 5.74) is 1.54. The van der Waals surface area contributed by atoms with Crippen molar-refractivity contribution >= 4 is 34.8 Å². The first-order chi connectivity index (χ1) is 14.8. The Morgan fingerprint density at radius 1 is 1.19 bits per heavy atom. The summed E-state index contributed by atoms with van der Waals surface area (Å²) in [5, 5.41) is 24.8. The number of hydrogen-bond acceptors (Lipinski definition) is 6. The SMILES string of the molecule is Cc1c(C(=O)NCCCC(=O)Nc2ccc(Cl)cc2)nnn1-c1cccc([N+](=O)[O-])c1. The van der Waals surface area contributed by atoms with Crippen LogP contribution in [-0.2, 0) is 4.79 Å². The highest BCUT2D eigenvalue weighted by Crippen LogP contribution is 2.18. The number of rotatable bonds is 8. The van der Waals surface area contributed by atoms with Crippen molar-refractivity contribution in [1.29, 1.82) is 0 Å². The summed E-state index contributed by atoms with van der Waals surface area (Å²) in [6.45, 7) is 1.92. The number of carbonyl (C=O) groups excluding carboxylic acids is 2. The van der Waals surface area contributed by atoms with Gasteiger partial charge in [0.25, 0.3) is 11.6 Å². The summed E-state index contributed by atoms with van der Waals surface area (Å²) in [6.07, 6.45) is 0.658. The molecule has 0 unspecified atom stereocenters. The van der Waals surface area contributed by atoms with E-state index in [1.807, 2.05) is 0 Å². The molecule has 160 valence electrons. The molecule has 0 aliphatic carbocycles. The van der Waals surface area contributed by atoms with Crippen LogP contribution in [0.15, 0.2) is 48.5 Å². The summed E-state index contributed by atoms with van der Waals surface area (Å²) in [7, 11) is 0. The standard InChI is InChI=1S/C20H19ClN6O4/c1-13-19(24-25-26(13)16-4-2-5-17(12-16)27(30)31)20(29)22-11-3-6-18(28)23-15-9-7-14(21)8-10-15/h2,4-5,7-10,12H,3,6,11H2,1H3,(H,22,29)(H,23,28). The number of aromatic nitrogens is 3. The van der Waals surface area contributed by atoms with E-state index >= 15 is 0 Å². The number of nitro benzene ring substituents is 1. The Labute approximate surface area is 182 Å². The van der Waals surface area contributed by atoms with Crippen LogP contribution in [0.1, 0.15) is 29.0 Å². The van der Waals surface area contributed by atoms with Crippen molar-refractivity contribution in [2.75, 3.05) is 11.9 Å². The molecule has 1 heterocycles. The number of benzene rings is 2. The molecule has 0 radical (unpaired) electrons. The Balaban J connectivity index is 1.52. The third-order valence-electron chi connectivity index (χ3n) is 4.39. The first-order valence-electron chi connectivity index (χ1n) is 9.36. The average molecular weight is 443 g/mol. The maximum atomic E-state index is 12.4. The molecule has 10 nitrogen and oxygen atoms in total. The van der Waals surface area contributed by atoms with Gasteiger partial charge < -0.3 is 10.6 Å². The molecule has 0 bridgehead atoms. The van der Waals surface area contributed by atoms with Gasteiger partial charge in [-0.1, -0.05) is 22.9 Å². The zero-order valence-electron chi connectivity index (χ0n) is 16.5. The number of carbonyl (C=O) groups is 2. The highest BCUT2D eigenvalue weighted by molar-refractivity contribution is 6.30. The lowest BCUT2D eigenvalue weighted by molar-refractivity contribution is -0.384. The van der Waals surface area contributed by atoms with E-state index in [2.05, 4.69) is 20.9 Å². The largest absolute Gasteiger partial charge is 0.351 e. The summed E-state index contributed by atoms with van der Waals surface area (Å²) in [4.78, 5) is 34.8. The Hall–Kier alpha value is -3.79. The smallest absolute Gasteiger partial charge is 0.273 e. The second kappa shape index (κ2) is 9.81. The molecule has 0 aliphatic heterocycles. The molecule has 2 N–H and O–H groups in total. The summed E-state index contributed by atoms with van der Waals surface area (Å²) in [6, 6.07) is 12.7. The molecular formula is C20H19ClN6O4. The lowest BCUT2D eigenvalue weighted by Crippen LogP contribution is -2.26. The molecule has 1 aromatic heterocycles. The lowest BCUT2D eigenvalue weighted by atomic mass is 10.2. The number of amides is 2. The zero-order chi connectivity index (χ0) is 22.4. The molecule has 0 spiro atoms. The number of nitrogens with one attached hydrogen (secondary N) is 2. The quantitative estimate of drug-likeness (QED) is 0.312. The average Bonchev–Trinajstić information content (AvgIpc) is 3.14. The second-order valence-corrected chi connectivity index (χ2v) is 7.06. The van der Waals surface area contributed by atoms with Gasteiger partial charge in [0.15, 0.2) is 5.69 Å². The van der Waals surface area contributed by atoms with Gasteiger partial charge in [-0.25, -0.2) is 4.68 Å². The fraction of sp³-hybridized carbons (Fsp3) is 0.200. The zero-order valence-corrected chi connectivity index (χ0v) is 17.3. The Morgan fingerprint density at radius 2 is 1.94 bits per heavy atom. The predicted molar refractivity (Wildman–Crippen MR) is 114 cm³/mol. The van der Waals surface area contributed by atoms with Gasteiger partial charge >= 0.3 is 0 Å². The fourth-order valence-corrected chi connectivity index (χ4v) is 2.94. The molecule has 3 rings (SSSR count). The highest BCUT2D eigenvalue weighted by atomic mass is 35.5. The van der Waals surface area contributed by atoms with E-state index in [1.54, 1.807) is 37.3 Å². The highest BCUT2D eigenvalue weighted by Gasteiger charge is 2.18. The van der Waals surface area contributed by atoms with Crippen molar-refractivity contribution in [3.05, 3.63) is 75.1 Å². The van der Waals surface area contributed by atoms with Gasteiger partial charge in [0.05, 0.1) is 16.3 Å².